The molecule has 19 heavy (non-hydrogen) atoms. The predicted molar refractivity (Wildman–Crippen MR) is 79.1 cm³/mol. The number of hydrogen-bond donors (Lipinski definition) is 2. The lowest BCUT2D eigenvalue weighted by Crippen LogP contribution is -2.15. The number of anilines is 1. The molecule has 100 valence electrons. The van der Waals surface area contributed by atoms with Gasteiger partial charge in [0.15, 0.2) is 0 Å². The molecule has 0 saturated carbocycles. The Morgan fingerprint density at radius 2 is 1.84 bits per heavy atom. The number of halogens is 1. The second-order valence-corrected chi connectivity index (χ2v) is 5.14. The van der Waals surface area contributed by atoms with Crippen LogP contribution in [-0.4, -0.2) is 28.2 Å². The zero-order valence-corrected chi connectivity index (χ0v) is 12.0. The molecule has 0 saturated heterocycles. The Balaban J connectivity index is 1.99. The predicted octanol–water partition coefficient (Wildman–Crippen LogP) is 2.82. The van der Waals surface area contributed by atoms with Gasteiger partial charge in [-0.05, 0) is 27.9 Å². The van der Waals surface area contributed by atoms with E-state index < -0.39 is 0 Å². The van der Waals surface area contributed by atoms with E-state index in [1.165, 1.54) is 5.56 Å². The van der Waals surface area contributed by atoms with Gasteiger partial charge >= 0.3 is 0 Å². The van der Waals surface area contributed by atoms with Crippen molar-refractivity contribution in [3.63, 3.8) is 0 Å². The summed E-state index contributed by atoms with van der Waals surface area (Å²) in [5.74, 6) is 0.848. The largest absolute Gasteiger partial charge is 0.396 e. The van der Waals surface area contributed by atoms with E-state index in [-0.39, 0.29) is 12.5 Å². The van der Waals surface area contributed by atoms with E-state index in [9.17, 15) is 0 Å². The van der Waals surface area contributed by atoms with Crippen molar-refractivity contribution in [3.05, 3.63) is 52.8 Å². The lowest BCUT2D eigenvalue weighted by Gasteiger charge is -2.17. The van der Waals surface area contributed by atoms with Crippen molar-refractivity contribution in [2.45, 2.75) is 12.3 Å². The van der Waals surface area contributed by atoms with Crippen LogP contribution in [0, 0.1) is 0 Å². The molecule has 0 unspecified atom stereocenters. The van der Waals surface area contributed by atoms with Crippen LogP contribution in [0.25, 0.3) is 0 Å². The average Bonchev–Trinajstić information content (AvgIpc) is 2.46. The fourth-order valence-corrected chi connectivity index (χ4v) is 2.09. The van der Waals surface area contributed by atoms with Crippen LogP contribution in [-0.2, 0) is 0 Å². The van der Waals surface area contributed by atoms with Crippen LogP contribution in [0.5, 0.6) is 0 Å². The minimum absolute atomic E-state index is 0.169. The maximum atomic E-state index is 9.17. The normalized spacial score (nSPS) is 12.1. The maximum absolute atomic E-state index is 9.17. The highest BCUT2D eigenvalue weighted by Crippen LogP contribution is 2.19. The third kappa shape index (κ3) is 4.29. The van der Waals surface area contributed by atoms with Gasteiger partial charge in [0.25, 0.3) is 0 Å². The summed E-state index contributed by atoms with van der Waals surface area (Å²) < 4.78 is 0.855. The molecule has 0 amide bonds. The van der Waals surface area contributed by atoms with Gasteiger partial charge < -0.3 is 10.4 Å². The summed E-state index contributed by atoms with van der Waals surface area (Å²) in [7, 11) is 0. The smallest absolute Gasteiger partial charge is 0.222 e. The summed E-state index contributed by atoms with van der Waals surface area (Å²) in [6.45, 7) is 0.870. The van der Waals surface area contributed by atoms with Gasteiger partial charge in [0.05, 0.1) is 4.47 Å². The number of aliphatic hydroxyl groups excluding tert-OH is 1. The van der Waals surface area contributed by atoms with E-state index >= 15 is 0 Å². The van der Waals surface area contributed by atoms with Gasteiger partial charge in [0.2, 0.25) is 5.95 Å². The van der Waals surface area contributed by atoms with E-state index in [1.807, 2.05) is 18.2 Å². The number of aromatic nitrogens is 2. The molecule has 0 aliphatic carbocycles. The maximum Gasteiger partial charge on any atom is 0.222 e. The topological polar surface area (TPSA) is 58.0 Å². The van der Waals surface area contributed by atoms with Crippen LogP contribution in [0.15, 0.2) is 47.2 Å². The molecule has 5 heteroatoms. The Bertz CT molecular complexity index is 490. The molecule has 2 aromatic rings. The van der Waals surface area contributed by atoms with Gasteiger partial charge in [-0.15, -0.1) is 0 Å². The number of aliphatic hydroxyl groups is 1. The van der Waals surface area contributed by atoms with E-state index in [2.05, 4.69) is 43.3 Å². The average molecular weight is 322 g/mol. The lowest BCUT2D eigenvalue weighted by molar-refractivity contribution is 0.277. The molecule has 0 radical (unpaired) electrons. The summed E-state index contributed by atoms with van der Waals surface area (Å²) in [6.07, 6.45) is 4.13. The van der Waals surface area contributed by atoms with Crippen LogP contribution in [0.1, 0.15) is 17.9 Å². The first-order valence-electron chi connectivity index (χ1n) is 6.17. The van der Waals surface area contributed by atoms with Crippen molar-refractivity contribution in [3.8, 4) is 0 Å². The van der Waals surface area contributed by atoms with E-state index in [0.29, 0.717) is 18.9 Å². The van der Waals surface area contributed by atoms with Crippen molar-refractivity contribution in [1.29, 1.82) is 0 Å². The molecular weight excluding hydrogens is 306 g/mol. The molecule has 1 atom stereocenters. The van der Waals surface area contributed by atoms with E-state index in [1.54, 1.807) is 12.4 Å². The molecule has 1 aromatic heterocycles. The minimum atomic E-state index is 0.169. The molecule has 4 nitrogen and oxygen atoms in total. The molecule has 1 aromatic carbocycles. The first-order valence-corrected chi connectivity index (χ1v) is 6.96. The highest BCUT2D eigenvalue weighted by molar-refractivity contribution is 9.10. The molecule has 0 aliphatic rings. The molecule has 0 spiro atoms. The Labute approximate surface area is 121 Å². The van der Waals surface area contributed by atoms with Crippen molar-refractivity contribution < 1.29 is 5.11 Å². The van der Waals surface area contributed by atoms with Gasteiger partial charge in [-0.1, -0.05) is 30.3 Å². The zero-order chi connectivity index (χ0) is 13.5. The van der Waals surface area contributed by atoms with Gasteiger partial charge in [0.1, 0.15) is 0 Å². The molecule has 0 aliphatic heterocycles. The standard InChI is InChI=1S/C14H16BrN3O/c15-13-9-17-14(18-10-13)16-8-12(6-7-19)11-4-2-1-3-5-11/h1-5,9-10,12,19H,6-8H2,(H,16,17,18)/t12-/m0/s1. The summed E-state index contributed by atoms with van der Waals surface area (Å²) in [5.41, 5.74) is 1.21. The van der Waals surface area contributed by atoms with Crippen LogP contribution in [0.2, 0.25) is 0 Å². The molecule has 1 heterocycles. The molecule has 0 fully saturated rings. The number of rotatable bonds is 6. The Hall–Kier alpha value is -1.46. The summed E-state index contributed by atoms with van der Waals surface area (Å²) in [4.78, 5) is 8.34. The molecule has 0 bridgehead atoms. The van der Waals surface area contributed by atoms with Gasteiger partial charge in [0, 0.05) is 31.5 Å². The Morgan fingerprint density at radius 3 is 2.47 bits per heavy atom. The second-order valence-electron chi connectivity index (χ2n) is 4.23. The lowest BCUT2D eigenvalue weighted by atomic mass is 9.96. The van der Waals surface area contributed by atoms with Crippen molar-refractivity contribution in [2.24, 2.45) is 0 Å². The van der Waals surface area contributed by atoms with Crippen LogP contribution in [0.3, 0.4) is 0 Å². The second kappa shape index (κ2) is 7.21. The molecule has 2 rings (SSSR count). The van der Waals surface area contributed by atoms with Gasteiger partial charge in [-0.2, -0.15) is 0 Å². The van der Waals surface area contributed by atoms with Crippen LogP contribution >= 0.6 is 15.9 Å². The summed E-state index contributed by atoms with van der Waals surface area (Å²) in [5, 5.41) is 12.4. The number of nitrogens with zero attached hydrogens (tertiary/aromatic N) is 2. The zero-order valence-electron chi connectivity index (χ0n) is 10.5. The first kappa shape index (κ1) is 14.0. The highest BCUT2D eigenvalue weighted by atomic mass is 79.9. The Morgan fingerprint density at radius 1 is 1.16 bits per heavy atom. The van der Waals surface area contributed by atoms with Crippen molar-refractivity contribution in [2.75, 3.05) is 18.5 Å². The van der Waals surface area contributed by atoms with Gasteiger partial charge in [-0.3, -0.25) is 0 Å². The minimum Gasteiger partial charge on any atom is -0.396 e. The van der Waals surface area contributed by atoms with Crippen molar-refractivity contribution in [1.82, 2.24) is 9.97 Å². The van der Waals surface area contributed by atoms with E-state index in [0.717, 1.165) is 4.47 Å². The van der Waals surface area contributed by atoms with Crippen molar-refractivity contribution >= 4 is 21.9 Å². The third-order valence-electron chi connectivity index (χ3n) is 2.88. The van der Waals surface area contributed by atoms with Crippen LogP contribution < -0.4 is 5.32 Å². The number of nitrogens with one attached hydrogen (secondary N) is 1. The Kier molecular flexibility index (Phi) is 5.30. The first-order chi connectivity index (χ1) is 9.29. The monoisotopic (exact) mass is 321 g/mol. The van der Waals surface area contributed by atoms with Crippen LogP contribution in [0.4, 0.5) is 5.95 Å². The summed E-state index contributed by atoms with van der Waals surface area (Å²) >= 11 is 3.30. The van der Waals surface area contributed by atoms with E-state index in [4.69, 9.17) is 5.11 Å². The number of hydrogen-bond acceptors (Lipinski definition) is 4. The molecular formula is C14H16BrN3O. The highest BCUT2D eigenvalue weighted by Gasteiger charge is 2.11. The SMILES string of the molecule is OCC[C@@H](CNc1ncc(Br)cn1)c1ccccc1. The fourth-order valence-electron chi connectivity index (χ4n) is 1.89. The quantitative estimate of drug-likeness (QED) is 0.859. The van der Waals surface area contributed by atoms with Gasteiger partial charge in [-0.25, -0.2) is 9.97 Å². The molecule has 2 N–H and O–H groups in total. The third-order valence-corrected chi connectivity index (χ3v) is 3.28. The summed E-state index contributed by atoms with van der Waals surface area (Å²) in [6, 6.07) is 10.2. The fraction of sp³-hybridized carbons (Fsp3) is 0.286. The number of benzene rings is 1.